The summed E-state index contributed by atoms with van der Waals surface area (Å²) in [7, 11) is 1.64. The zero-order chi connectivity index (χ0) is 18.2. The second kappa shape index (κ2) is 9.25. The van der Waals surface area contributed by atoms with Gasteiger partial charge in [0.1, 0.15) is 18.1 Å². The van der Waals surface area contributed by atoms with Gasteiger partial charge >= 0.3 is 0 Å². The number of carbonyl (C=O) groups is 1. The molecule has 0 N–H and O–H groups in total. The molecule has 0 atom stereocenters. The van der Waals surface area contributed by atoms with Crippen molar-refractivity contribution in [2.24, 2.45) is 0 Å². The van der Waals surface area contributed by atoms with E-state index in [-0.39, 0.29) is 5.91 Å². The molecular weight excluding hydrogens is 328 g/mol. The van der Waals surface area contributed by atoms with E-state index in [1.54, 1.807) is 7.11 Å². The number of benzene rings is 2. The zero-order valence-electron chi connectivity index (χ0n) is 15.3. The van der Waals surface area contributed by atoms with Crippen LogP contribution in [0.25, 0.3) is 0 Å². The first-order chi connectivity index (χ1) is 12.7. The SMILES string of the molecule is COc1ccc(CC(=O)N2CCN(CCOc3ccccc3)CC2)cc1. The number of para-hydroxylation sites is 1. The van der Waals surface area contributed by atoms with E-state index in [1.165, 1.54) is 0 Å². The molecule has 1 heterocycles. The summed E-state index contributed by atoms with van der Waals surface area (Å²) in [6, 6.07) is 17.6. The van der Waals surface area contributed by atoms with Crippen LogP contribution in [0.1, 0.15) is 5.56 Å². The van der Waals surface area contributed by atoms with E-state index in [4.69, 9.17) is 9.47 Å². The molecule has 1 aliphatic heterocycles. The standard InChI is InChI=1S/C21H26N2O3/c1-25-19-9-7-18(8-10-19)17-21(24)23-13-11-22(12-14-23)15-16-26-20-5-3-2-4-6-20/h2-10H,11-17H2,1H3. The van der Waals surface area contributed by atoms with Crippen LogP contribution >= 0.6 is 0 Å². The molecule has 1 fully saturated rings. The minimum atomic E-state index is 0.190. The van der Waals surface area contributed by atoms with Crippen molar-refractivity contribution in [3.8, 4) is 11.5 Å². The number of hydrogen-bond donors (Lipinski definition) is 0. The number of carbonyl (C=O) groups excluding carboxylic acids is 1. The Labute approximate surface area is 155 Å². The quantitative estimate of drug-likeness (QED) is 0.766. The van der Waals surface area contributed by atoms with E-state index < -0.39 is 0 Å². The largest absolute Gasteiger partial charge is 0.497 e. The maximum Gasteiger partial charge on any atom is 0.227 e. The summed E-state index contributed by atoms with van der Waals surface area (Å²) in [6.07, 6.45) is 0.446. The van der Waals surface area contributed by atoms with Crippen LogP contribution in [-0.4, -0.2) is 62.1 Å². The van der Waals surface area contributed by atoms with Gasteiger partial charge in [-0.15, -0.1) is 0 Å². The summed E-state index contributed by atoms with van der Waals surface area (Å²) in [6.45, 7) is 4.90. The van der Waals surface area contributed by atoms with Crippen molar-refractivity contribution in [3.05, 3.63) is 60.2 Å². The lowest BCUT2D eigenvalue weighted by Gasteiger charge is -2.34. The number of hydrogen-bond acceptors (Lipinski definition) is 4. The van der Waals surface area contributed by atoms with Gasteiger partial charge in [-0.1, -0.05) is 30.3 Å². The third kappa shape index (κ3) is 5.23. The number of piperazine rings is 1. The zero-order valence-corrected chi connectivity index (χ0v) is 15.3. The van der Waals surface area contributed by atoms with Gasteiger partial charge in [-0.05, 0) is 29.8 Å². The van der Waals surface area contributed by atoms with Crippen LogP contribution in [0.5, 0.6) is 11.5 Å². The van der Waals surface area contributed by atoms with Crippen molar-refractivity contribution in [2.75, 3.05) is 46.4 Å². The van der Waals surface area contributed by atoms with Gasteiger partial charge in [0, 0.05) is 32.7 Å². The molecule has 1 aliphatic rings. The van der Waals surface area contributed by atoms with Crippen LogP contribution in [0, 0.1) is 0 Å². The van der Waals surface area contributed by atoms with Gasteiger partial charge in [0.2, 0.25) is 5.91 Å². The molecule has 0 aliphatic carbocycles. The Hall–Kier alpha value is -2.53. The van der Waals surface area contributed by atoms with Gasteiger partial charge in [-0.3, -0.25) is 9.69 Å². The third-order valence-electron chi connectivity index (χ3n) is 4.66. The fraction of sp³-hybridized carbons (Fsp3) is 0.381. The Morgan fingerprint density at radius 3 is 2.27 bits per heavy atom. The topological polar surface area (TPSA) is 42.0 Å². The molecule has 0 unspecified atom stereocenters. The first kappa shape index (κ1) is 18.3. The van der Waals surface area contributed by atoms with Crippen molar-refractivity contribution >= 4 is 5.91 Å². The number of rotatable bonds is 7. The van der Waals surface area contributed by atoms with Crippen molar-refractivity contribution in [1.29, 1.82) is 0 Å². The number of nitrogens with zero attached hydrogens (tertiary/aromatic N) is 2. The minimum absolute atomic E-state index is 0.190. The van der Waals surface area contributed by atoms with Crippen molar-refractivity contribution in [1.82, 2.24) is 9.80 Å². The monoisotopic (exact) mass is 354 g/mol. The van der Waals surface area contributed by atoms with Gasteiger partial charge in [0.05, 0.1) is 13.5 Å². The number of amides is 1. The van der Waals surface area contributed by atoms with Crippen molar-refractivity contribution in [2.45, 2.75) is 6.42 Å². The molecule has 5 nitrogen and oxygen atoms in total. The summed E-state index contributed by atoms with van der Waals surface area (Å²) in [5.74, 6) is 1.91. The molecule has 0 bridgehead atoms. The Morgan fingerprint density at radius 1 is 0.923 bits per heavy atom. The highest BCUT2D eigenvalue weighted by molar-refractivity contribution is 5.78. The Bertz CT molecular complexity index is 680. The van der Waals surface area contributed by atoms with Crippen LogP contribution in [0.3, 0.4) is 0 Å². The highest BCUT2D eigenvalue weighted by Crippen LogP contribution is 2.13. The van der Waals surface area contributed by atoms with Crippen molar-refractivity contribution in [3.63, 3.8) is 0 Å². The Kier molecular flexibility index (Phi) is 6.50. The normalized spacial score (nSPS) is 14.9. The van der Waals surface area contributed by atoms with Crippen molar-refractivity contribution < 1.29 is 14.3 Å². The van der Waals surface area contributed by atoms with Gasteiger partial charge in [0.15, 0.2) is 0 Å². The molecule has 138 valence electrons. The second-order valence-electron chi connectivity index (χ2n) is 6.41. The lowest BCUT2D eigenvalue weighted by Crippen LogP contribution is -2.49. The van der Waals surface area contributed by atoms with Gasteiger partial charge in [-0.2, -0.15) is 0 Å². The average molecular weight is 354 g/mol. The molecule has 3 rings (SSSR count). The van der Waals surface area contributed by atoms with Crippen LogP contribution in [0.15, 0.2) is 54.6 Å². The van der Waals surface area contributed by atoms with E-state index in [1.807, 2.05) is 59.5 Å². The molecule has 0 radical (unpaired) electrons. The van der Waals surface area contributed by atoms with E-state index in [2.05, 4.69) is 4.90 Å². The molecule has 26 heavy (non-hydrogen) atoms. The second-order valence-corrected chi connectivity index (χ2v) is 6.41. The summed E-state index contributed by atoms with van der Waals surface area (Å²) in [4.78, 5) is 16.8. The highest BCUT2D eigenvalue weighted by atomic mass is 16.5. The molecule has 1 saturated heterocycles. The average Bonchev–Trinajstić information content (AvgIpc) is 2.70. The molecular formula is C21H26N2O3. The van der Waals surface area contributed by atoms with E-state index in [0.717, 1.165) is 49.8 Å². The summed E-state index contributed by atoms with van der Waals surface area (Å²) >= 11 is 0. The predicted molar refractivity (Wildman–Crippen MR) is 102 cm³/mol. The fourth-order valence-electron chi connectivity index (χ4n) is 3.06. The number of ether oxygens (including phenoxy) is 2. The fourth-order valence-corrected chi connectivity index (χ4v) is 3.06. The number of methoxy groups -OCH3 is 1. The molecule has 2 aromatic rings. The lowest BCUT2D eigenvalue weighted by molar-refractivity contribution is -0.132. The third-order valence-corrected chi connectivity index (χ3v) is 4.66. The summed E-state index contributed by atoms with van der Waals surface area (Å²) in [5, 5.41) is 0. The Balaban J connectivity index is 1.37. The lowest BCUT2D eigenvalue weighted by atomic mass is 10.1. The molecule has 0 spiro atoms. The molecule has 2 aromatic carbocycles. The van der Waals surface area contributed by atoms with E-state index in [9.17, 15) is 4.79 Å². The van der Waals surface area contributed by atoms with E-state index in [0.29, 0.717) is 13.0 Å². The van der Waals surface area contributed by atoms with Crippen LogP contribution in [0.2, 0.25) is 0 Å². The smallest absolute Gasteiger partial charge is 0.227 e. The highest BCUT2D eigenvalue weighted by Gasteiger charge is 2.21. The molecule has 5 heteroatoms. The molecule has 0 saturated carbocycles. The maximum absolute atomic E-state index is 12.5. The first-order valence-corrected chi connectivity index (χ1v) is 9.05. The minimum Gasteiger partial charge on any atom is -0.497 e. The van der Waals surface area contributed by atoms with Crippen LogP contribution < -0.4 is 9.47 Å². The summed E-state index contributed by atoms with van der Waals surface area (Å²) < 4.78 is 10.9. The molecule has 1 amide bonds. The van der Waals surface area contributed by atoms with Gasteiger partial charge in [-0.25, -0.2) is 0 Å². The maximum atomic E-state index is 12.5. The Morgan fingerprint density at radius 2 is 1.62 bits per heavy atom. The predicted octanol–water partition coefficient (Wildman–Crippen LogP) is 2.46. The summed E-state index contributed by atoms with van der Waals surface area (Å²) in [5.41, 5.74) is 1.02. The van der Waals surface area contributed by atoms with Crippen LogP contribution in [0.4, 0.5) is 0 Å². The molecule has 0 aromatic heterocycles. The first-order valence-electron chi connectivity index (χ1n) is 9.05. The van der Waals surface area contributed by atoms with Crippen LogP contribution in [-0.2, 0) is 11.2 Å². The van der Waals surface area contributed by atoms with E-state index >= 15 is 0 Å². The van der Waals surface area contributed by atoms with Gasteiger partial charge in [0.25, 0.3) is 0 Å². The van der Waals surface area contributed by atoms with Gasteiger partial charge < -0.3 is 14.4 Å².